The molecule has 10 heteroatoms. The Morgan fingerprint density at radius 2 is 0.781 bits per heavy atom. The first-order valence-corrected chi connectivity index (χ1v) is 31.3. The Bertz CT molecular complexity index is 1510. The highest BCUT2D eigenvalue weighted by molar-refractivity contribution is 7.45. The molecule has 0 aliphatic carbocycles. The summed E-state index contributed by atoms with van der Waals surface area (Å²) < 4.78 is 34.1. The molecule has 0 aliphatic heterocycles. The van der Waals surface area contributed by atoms with Crippen molar-refractivity contribution in [3.8, 4) is 0 Å². The van der Waals surface area contributed by atoms with Crippen molar-refractivity contribution in [1.82, 2.24) is 0 Å². The number of hydrogen-bond donors (Lipinski definition) is 0. The van der Waals surface area contributed by atoms with Crippen molar-refractivity contribution >= 4 is 19.8 Å². The average molecular weight is 1040 g/mol. The van der Waals surface area contributed by atoms with Gasteiger partial charge in [0.1, 0.15) is 19.8 Å². The highest BCUT2D eigenvalue weighted by atomic mass is 31.2. The summed E-state index contributed by atoms with van der Waals surface area (Å²) in [4.78, 5) is 37.8. The fraction of sp³-hybridized carbons (Fsp3) is 0.746. The van der Waals surface area contributed by atoms with Crippen molar-refractivity contribution < 1.29 is 42.1 Å². The summed E-state index contributed by atoms with van der Waals surface area (Å²) in [6, 6.07) is 0. The number of allylic oxidation sites excluding steroid dienone is 14. The second-order valence-corrected chi connectivity index (χ2v) is 22.4. The van der Waals surface area contributed by atoms with E-state index in [1.807, 2.05) is 21.1 Å². The van der Waals surface area contributed by atoms with Crippen LogP contribution in [-0.2, 0) is 32.7 Å². The highest BCUT2D eigenvalue weighted by Gasteiger charge is 2.22. The summed E-state index contributed by atoms with van der Waals surface area (Å²) >= 11 is 0. The molecule has 0 rings (SSSR count). The topological polar surface area (TPSA) is 111 Å². The molecule has 0 saturated carbocycles. The molecule has 2 atom stereocenters. The monoisotopic (exact) mass is 1040 g/mol. The summed E-state index contributed by atoms with van der Waals surface area (Å²) in [7, 11) is 1.16. The third-order valence-corrected chi connectivity index (χ3v) is 13.6. The van der Waals surface area contributed by atoms with E-state index in [2.05, 4.69) is 98.9 Å². The normalized spacial score (nSPS) is 13.9. The van der Waals surface area contributed by atoms with Crippen LogP contribution in [0, 0.1) is 0 Å². The van der Waals surface area contributed by atoms with Crippen LogP contribution in [0.3, 0.4) is 0 Å². The number of esters is 2. The van der Waals surface area contributed by atoms with E-state index in [9.17, 15) is 19.0 Å². The lowest BCUT2D eigenvalue weighted by atomic mass is 10.0. The Kier molecular flexibility index (Phi) is 51.9. The van der Waals surface area contributed by atoms with E-state index in [0.717, 1.165) is 89.9 Å². The number of hydrogen-bond acceptors (Lipinski definition) is 8. The molecule has 0 amide bonds. The van der Waals surface area contributed by atoms with Crippen LogP contribution >= 0.6 is 7.82 Å². The van der Waals surface area contributed by atoms with Crippen LogP contribution in [0.4, 0.5) is 0 Å². The minimum Gasteiger partial charge on any atom is -0.756 e. The van der Waals surface area contributed by atoms with Crippen molar-refractivity contribution in [2.45, 2.75) is 258 Å². The van der Waals surface area contributed by atoms with Crippen LogP contribution in [0.1, 0.15) is 251 Å². The summed E-state index contributed by atoms with van der Waals surface area (Å²) in [5, 5.41) is 0. The molecule has 73 heavy (non-hydrogen) atoms. The number of nitrogens with zero attached hydrogens (tertiary/aromatic N) is 1. The number of carbonyl (C=O) groups is 2. The molecule has 0 heterocycles. The molecule has 0 aliphatic rings. The first-order chi connectivity index (χ1) is 35.5. The number of phosphoric ester groups is 1. The molecule has 0 saturated heterocycles. The van der Waals surface area contributed by atoms with E-state index < -0.39 is 32.5 Å². The number of likely N-dealkylation sites (N-methyl/N-ethyl adjacent to an activating group) is 1. The number of unbranched alkanes of at least 4 members (excludes halogenated alkanes) is 26. The lowest BCUT2D eigenvalue weighted by Crippen LogP contribution is -2.37. The summed E-state index contributed by atoms with van der Waals surface area (Å²) in [5.41, 5.74) is 0. The van der Waals surface area contributed by atoms with Gasteiger partial charge in [-0.25, -0.2) is 0 Å². The molecule has 0 spiro atoms. The average Bonchev–Trinajstić information content (AvgIpc) is 3.35. The van der Waals surface area contributed by atoms with Gasteiger partial charge >= 0.3 is 11.9 Å². The minimum absolute atomic E-state index is 0.0351. The Morgan fingerprint density at radius 1 is 0.438 bits per heavy atom. The molecule has 0 radical (unpaired) electrons. The zero-order chi connectivity index (χ0) is 53.5. The summed E-state index contributed by atoms with van der Waals surface area (Å²) in [5.74, 6) is -0.846. The van der Waals surface area contributed by atoms with Crippen molar-refractivity contribution in [3.05, 3.63) is 85.1 Å². The molecule has 0 aromatic rings. The second kappa shape index (κ2) is 54.0. The van der Waals surface area contributed by atoms with Gasteiger partial charge in [-0.2, -0.15) is 0 Å². The number of ether oxygens (including phenoxy) is 2. The zero-order valence-electron chi connectivity index (χ0n) is 47.8. The van der Waals surface area contributed by atoms with E-state index in [1.165, 1.54) is 122 Å². The molecule has 9 nitrogen and oxygen atoms in total. The number of rotatable bonds is 54. The fourth-order valence-electron chi connectivity index (χ4n) is 8.07. The van der Waals surface area contributed by atoms with Gasteiger partial charge in [0.15, 0.2) is 6.10 Å². The summed E-state index contributed by atoms with van der Waals surface area (Å²) in [6.45, 7) is 4.10. The number of phosphoric acid groups is 1. The van der Waals surface area contributed by atoms with Crippen LogP contribution < -0.4 is 4.89 Å². The maximum Gasteiger partial charge on any atom is 0.306 e. The zero-order valence-corrected chi connectivity index (χ0v) is 48.7. The molecule has 0 aromatic carbocycles. The maximum atomic E-state index is 12.8. The molecular formula is C63H112NO8P. The van der Waals surface area contributed by atoms with Crippen LogP contribution in [0.25, 0.3) is 0 Å². The largest absolute Gasteiger partial charge is 0.756 e. The van der Waals surface area contributed by atoms with E-state index in [1.54, 1.807) is 0 Å². The van der Waals surface area contributed by atoms with Gasteiger partial charge in [-0.05, 0) is 89.9 Å². The maximum absolute atomic E-state index is 12.8. The molecule has 0 bridgehead atoms. The Balaban J connectivity index is 4.07. The predicted octanol–water partition coefficient (Wildman–Crippen LogP) is 18.0. The van der Waals surface area contributed by atoms with Gasteiger partial charge in [0, 0.05) is 12.8 Å². The third-order valence-electron chi connectivity index (χ3n) is 12.6. The molecule has 0 aromatic heterocycles. The Hall–Kier alpha value is -2.81. The highest BCUT2D eigenvalue weighted by Crippen LogP contribution is 2.38. The number of quaternary nitrogens is 1. The molecular weight excluding hydrogens is 930 g/mol. The van der Waals surface area contributed by atoms with Crippen LogP contribution in [0.15, 0.2) is 85.1 Å². The predicted molar refractivity (Wildman–Crippen MR) is 309 cm³/mol. The minimum atomic E-state index is -4.64. The fourth-order valence-corrected chi connectivity index (χ4v) is 8.80. The smallest absolute Gasteiger partial charge is 0.306 e. The lowest BCUT2D eigenvalue weighted by Gasteiger charge is -2.28. The van der Waals surface area contributed by atoms with Crippen LogP contribution in [-0.4, -0.2) is 70.0 Å². The van der Waals surface area contributed by atoms with Crippen molar-refractivity contribution in [2.24, 2.45) is 0 Å². The van der Waals surface area contributed by atoms with E-state index in [-0.39, 0.29) is 26.1 Å². The van der Waals surface area contributed by atoms with Gasteiger partial charge in [0.25, 0.3) is 7.82 Å². The molecule has 422 valence electrons. The first-order valence-electron chi connectivity index (χ1n) is 29.8. The van der Waals surface area contributed by atoms with Crippen molar-refractivity contribution in [2.75, 3.05) is 47.5 Å². The Labute approximate surface area is 450 Å². The molecule has 2 unspecified atom stereocenters. The van der Waals surface area contributed by atoms with Crippen molar-refractivity contribution in [3.63, 3.8) is 0 Å². The quantitative estimate of drug-likeness (QED) is 0.0195. The first kappa shape index (κ1) is 70.2. The van der Waals surface area contributed by atoms with Gasteiger partial charge in [0.2, 0.25) is 0 Å². The SMILES string of the molecule is CC/C=C\C/C=C\C/C=C\C/C=C\C/C=C\CCCCCCCCCCCCCCCCCCCC(=O)OC(COC(=O)CCCCCCC/C=C\C/C=C\CCCCCC)COP(=O)([O-])OCC[N+](C)(C)C. The van der Waals surface area contributed by atoms with Gasteiger partial charge in [0.05, 0.1) is 27.7 Å². The number of carbonyl (C=O) groups excluding carboxylic acids is 2. The van der Waals surface area contributed by atoms with Gasteiger partial charge in [-0.1, -0.05) is 234 Å². The molecule has 0 N–H and O–H groups in total. The summed E-state index contributed by atoms with van der Waals surface area (Å²) in [6.07, 6.45) is 72.1. The van der Waals surface area contributed by atoms with Crippen molar-refractivity contribution in [1.29, 1.82) is 0 Å². The van der Waals surface area contributed by atoms with E-state index in [0.29, 0.717) is 23.9 Å². The van der Waals surface area contributed by atoms with Crippen LogP contribution in [0.2, 0.25) is 0 Å². The molecule has 0 fully saturated rings. The van der Waals surface area contributed by atoms with Gasteiger partial charge in [-0.15, -0.1) is 0 Å². The Morgan fingerprint density at radius 3 is 1.16 bits per heavy atom. The second-order valence-electron chi connectivity index (χ2n) is 21.0. The third kappa shape index (κ3) is 58.3. The van der Waals surface area contributed by atoms with Gasteiger partial charge < -0.3 is 27.9 Å². The van der Waals surface area contributed by atoms with Crippen LogP contribution in [0.5, 0.6) is 0 Å². The van der Waals surface area contributed by atoms with E-state index in [4.69, 9.17) is 18.5 Å². The van der Waals surface area contributed by atoms with Gasteiger partial charge in [-0.3, -0.25) is 14.2 Å². The van der Waals surface area contributed by atoms with E-state index >= 15 is 0 Å². The standard InChI is InChI=1S/C63H112NO8P/c1-6-8-10-12-14-16-18-20-22-24-25-26-27-28-29-30-31-32-33-34-35-36-37-38-39-40-42-44-46-48-50-52-54-56-63(66)72-61(60-71-73(67,68)70-58-57-64(3,4)5)59-69-62(65)55-53-51-49-47-45-43-41-23-21-19-17-15-13-11-9-7-2/h8,10,14,16-17,19-20,22-23,25-26,28-29,41,61H,6-7,9,11-13,15,18,21,24,27,30-40,42-60H2,1-5H3/b10-8-,16-14-,19-17-,22-20-,26-25-,29-28-,41-23-. The lowest BCUT2D eigenvalue weighted by molar-refractivity contribution is -0.870.